The summed E-state index contributed by atoms with van der Waals surface area (Å²) in [5, 5.41) is 0. The largest absolute Gasteiger partial charge is 0.237 e. The Labute approximate surface area is 262 Å². The van der Waals surface area contributed by atoms with Crippen LogP contribution in [0.15, 0.2) is 97.2 Å². The monoisotopic (exact) mass is 579 g/mol. The lowest BCUT2D eigenvalue weighted by atomic mass is 10.2. The van der Waals surface area contributed by atoms with E-state index in [1.165, 1.54) is 51.4 Å². The van der Waals surface area contributed by atoms with Crippen LogP contribution in [0.2, 0.25) is 0 Å². The molecule has 0 heterocycles. The third-order valence-corrected chi connectivity index (χ3v) is 6.70. The van der Waals surface area contributed by atoms with E-state index in [2.05, 4.69) is 111 Å². The first-order valence-electron chi connectivity index (χ1n) is 17.4. The summed E-state index contributed by atoms with van der Waals surface area (Å²) in [4.78, 5) is 10.6. The molecule has 0 aliphatic carbocycles. The first kappa shape index (κ1) is 39.8. The van der Waals surface area contributed by atoms with Gasteiger partial charge in [-0.1, -0.05) is 137 Å². The molecule has 238 valence electrons. The molecule has 2 heteroatoms. The third kappa shape index (κ3) is 37.8. The van der Waals surface area contributed by atoms with E-state index in [0.29, 0.717) is 13.2 Å². The van der Waals surface area contributed by atoms with Gasteiger partial charge in [0.05, 0.1) is 13.2 Å². The van der Waals surface area contributed by atoms with Gasteiger partial charge in [0, 0.05) is 0 Å². The van der Waals surface area contributed by atoms with E-state index in [1.54, 1.807) is 0 Å². The highest BCUT2D eigenvalue weighted by Gasteiger charge is 1.91. The van der Waals surface area contributed by atoms with Crippen LogP contribution in [0.1, 0.15) is 142 Å². The number of unbranched alkanes of at least 4 members (excludes halogenated alkanes) is 10. The molecule has 0 aromatic carbocycles. The van der Waals surface area contributed by atoms with Crippen LogP contribution in [0.25, 0.3) is 0 Å². The van der Waals surface area contributed by atoms with Gasteiger partial charge in [-0.2, -0.15) is 0 Å². The summed E-state index contributed by atoms with van der Waals surface area (Å²) in [5.74, 6) is 0. The molecule has 0 unspecified atom stereocenters. The standard InChI is InChI=1S/C40H66O2/c1-3-5-7-9-11-13-15-17-19-21-23-25-27-29-31-33-35-37-39-41-42-40-38-36-34-32-30-28-26-24-22-20-18-16-14-12-10-8-6-4-2/h11-14,17-20,23-26,29-32H,3-10,15-16,21-22,27-28,33-40H2,1-2H3. The molecule has 0 rings (SSSR count). The minimum Gasteiger partial charge on any atom is -0.237 e. The van der Waals surface area contributed by atoms with Gasteiger partial charge in [-0.25, -0.2) is 9.78 Å². The summed E-state index contributed by atoms with van der Waals surface area (Å²) in [6.45, 7) is 5.88. The number of hydrogen-bond donors (Lipinski definition) is 0. The van der Waals surface area contributed by atoms with Crippen molar-refractivity contribution in [2.45, 2.75) is 142 Å². The fourth-order valence-corrected chi connectivity index (χ4v) is 4.09. The normalized spacial score (nSPS) is 13.1. The molecule has 0 spiro atoms. The smallest absolute Gasteiger partial charge is 0.0822 e. The van der Waals surface area contributed by atoms with E-state index in [0.717, 1.165) is 77.0 Å². The molecule has 0 radical (unpaired) electrons. The van der Waals surface area contributed by atoms with Gasteiger partial charge >= 0.3 is 0 Å². The molecule has 0 N–H and O–H groups in total. The second-order valence-corrected chi connectivity index (χ2v) is 10.8. The molecule has 0 atom stereocenters. The lowest BCUT2D eigenvalue weighted by Gasteiger charge is -2.03. The Kier molecular flexibility index (Phi) is 36.8. The van der Waals surface area contributed by atoms with Crippen molar-refractivity contribution in [1.29, 1.82) is 0 Å². The van der Waals surface area contributed by atoms with Crippen molar-refractivity contribution in [3.05, 3.63) is 97.2 Å². The summed E-state index contributed by atoms with van der Waals surface area (Å²) >= 11 is 0. The molecule has 0 bridgehead atoms. The van der Waals surface area contributed by atoms with Crippen LogP contribution >= 0.6 is 0 Å². The van der Waals surface area contributed by atoms with E-state index < -0.39 is 0 Å². The molecule has 42 heavy (non-hydrogen) atoms. The predicted octanol–water partition coefficient (Wildman–Crippen LogP) is 13.2. The van der Waals surface area contributed by atoms with Gasteiger partial charge in [0.25, 0.3) is 0 Å². The molecular weight excluding hydrogens is 512 g/mol. The minimum absolute atomic E-state index is 0.686. The highest BCUT2D eigenvalue weighted by atomic mass is 17.2. The first-order valence-corrected chi connectivity index (χ1v) is 17.4. The molecule has 0 saturated heterocycles. The number of rotatable bonds is 31. The number of allylic oxidation sites excluding steroid dienone is 16. The van der Waals surface area contributed by atoms with Crippen molar-refractivity contribution in [2.75, 3.05) is 13.2 Å². The van der Waals surface area contributed by atoms with Gasteiger partial charge in [0.2, 0.25) is 0 Å². The molecule has 2 nitrogen and oxygen atoms in total. The molecule has 0 amide bonds. The van der Waals surface area contributed by atoms with Gasteiger partial charge in [0.1, 0.15) is 0 Å². The van der Waals surface area contributed by atoms with E-state index in [-0.39, 0.29) is 0 Å². The maximum Gasteiger partial charge on any atom is 0.0822 e. The second kappa shape index (κ2) is 38.8. The Morgan fingerprint density at radius 1 is 0.286 bits per heavy atom. The second-order valence-electron chi connectivity index (χ2n) is 10.8. The molecule has 0 fully saturated rings. The fourth-order valence-electron chi connectivity index (χ4n) is 4.09. The maximum atomic E-state index is 5.31. The highest BCUT2D eigenvalue weighted by Crippen LogP contribution is 2.04. The summed E-state index contributed by atoms with van der Waals surface area (Å²) in [6, 6.07) is 0. The molecular formula is C40H66O2. The van der Waals surface area contributed by atoms with Gasteiger partial charge < -0.3 is 0 Å². The van der Waals surface area contributed by atoms with Crippen LogP contribution in [0.5, 0.6) is 0 Å². The summed E-state index contributed by atoms with van der Waals surface area (Å²) in [7, 11) is 0. The highest BCUT2D eigenvalue weighted by molar-refractivity contribution is 5.00. The zero-order valence-electron chi connectivity index (χ0n) is 27.6. The first-order chi connectivity index (χ1) is 20.9. The molecule has 0 aromatic heterocycles. The Morgan fingerprint density at radius 2 is 0.524 bits per heavy atom. The minimum atomic E-state index is 0.686. The van der Waals surface area contributed by atoms with Gasteiger partial charge in [-0.05, 0) is 103 Å². The zero-order valence-corrected chi connectivity index (χ0v) is 27.6. The average molecular weight is 579 g/mol. The number of hydrogen-bond acceptors (Lipinski definition) is 2. The quantitative estimate of drug-likeness (QED) is 0.0352. The topological polar surface area (TPSA) is 18.5 Å². The average Bonchev–Trinajstić information content (AvgIpc) is 3.00. The fraction of sp³-hybridized carbons (Fsp3) is 0.600. The van der Waals surface area contributed by atoms with Crippen LogP contribution in [0, 0.1) is 0 Å². The lowest BCUT2D eigenvalue weighted by molar-refractivity contribution is -0.295. The van der Waals surface area contributed by atoms with E-state index in [4.69, 9.17) is 9.78 Å². The van der Waals surface area contributed by atoms with Gasteiger partial charge in [-0.3, -0.25) is 0 Å². The summed E-state index contributed by atoms with van der Waals surface area (Å²) < 4.78 is 0. The van der Waals surface area contributed by atoms with E-state index in [1.807, 2.05) is 0 Å². The van der Waals surface area contributed by atoms with Crippen molar-refractivity contribution in [2.24, 2.45) is 0 Å². The van der Waals surface area contributed by atoms with Gasteiger partial charge in [-0.15, -0.1) is 0 Å². The summed E-state index contributed by atoms with van der Waals surface area (Å²) in [5.41, 5.74) is 0. The molecule has 0 aliphatic heterocycles. The van der Waals surface area contributed by atoms with Crippen molar-refractivity contribution < 1.29 is 9.78 Å². The Morgan fingerprint density at radius 3 is 0.786 bits per heavy atom. The molecule has 0 aromatic rings. The Hall–Kier alpha value is -2.16. The van der Waals surface area contributed by atoms with Crippen molar-refractivity contribution in [1.82, 2.24) is 0 Å². The van der Waals surface area contributed by atoms with E-state index in [9.17, 15) is 0 Å². The SMILES string of the molecule is CCCCCC=CCC=CCC=CCC=CCCCCOOCCCCC=CCC=CCC=CCC=CCCCCC. The van der Waals surface area contributed by atoms with Gasteiger partial charge in [0.15, 0.2) is 0 Å². The zero-order chi connectivity index (χ0) is 30.3. The van der Waals surface area contributed by atoms with Crippen molar-refractivity contribution >= 4 is 0 Å². The third-order valence-electron chi connectivity index (χ3n) is 6.70. The molecule has 0 saturated carbocycles. The van der Waals surface area contributed by atoms with E-state index >= 15 is 0 Å². The lowest BCUT2D eigenvalue weighted by Crippen LogP contribution is -1.98. The van der Waals surface area contributed by atoms with Crippen molar-refractivity contribution in [3.8, 4) is 0 Å². The van der Waals surface area contributed by atoms with Crippen LogP contribution in [-0.2, 0) is 9.78 Å². The molecule has 0 aliphatic rings. The van der Waals surface area contributed by atoms with Crippen LogP contribution in [0.4, 0.5) is 0 Å². The maximum absolute atomic E-state index is 5.31. The van der Waals surface area contributed by atoms with Crippen LogP contribution < -0.4 is 0 Å². The predicted molar refractivity (Wildman–Crippen MR) is 189 cm³/mol. The van der Waals surface area contributed by atoms with Crippen LogP contribution in [-0.4, -0.2) is 13.2 Å². The summed E-state index contributed by atoms with van der Waals surface area (Å²) in [6.07, 6.45) is 59.5. The Bertz CT molecular complexity index is 684. The van der Waals surface area contributed by atoms with Crippen LogP contribution in [0.3, 0.4) is 0 Å². The Balaban J connectivity index is 3.36. The van der Waals surface area contributed by atoms with Crippen molar-refractivity contribution in [3.63, 3.8) is 0 Å².